The molecule has 1 aromatic carbocycles. The molecular formula is C21H37IN4O3. The Bertz CT molecular complexity index is 595. The van der Waals surface area contributed by atoms with Gasteiger partial charge in [-0.3, -0.25) is 9.89 Å². The maximum Gasteiger partial charge on any atom is 0.195 e. The molecule has 29 heavy (non-hydrogen) atoms. The minimum Gasteiger partial charge on any atom is -0.493 e. The highest BCUT2D eigenvalue weighted by Gasteiger charge is 2.23. The fourth-order valence-electron chi connectivity index (χ4n) is 3.27. The fraction of sp³-hybridized carbons (Fsp3) is 0.667. The zero-order valence-electron chi connectivity index (χ0n) is 18.1. The molecule has 1 atom stereocenters. The first-order valence-corrected chi connectivity index (χ1v) is 10.1. The Labute approximate surface area is 192 Å². The zero-order valence-corrected chi connectivity index (χ0v) is 20.5. The van der Waals surface area contributed by atoms with Crippen LogP contribution in [0.5, 0.6) is 5.75 Å². The normalized spacial score (nSPS) is 16.2. The van der Waals surface area contributed by atoms with Gasteiger partial charge in [0.1, 0.15) is 5.75 Å². The Kier molecular flexibility index (Phi) is 13.2. The van der Waals surface area contributed by atoms with Crippen LogP contribution in [0.25, 0.3) is 0 Å². The predicted molar refractivity (Wildman–Crippen MR) is 130 cm³/mol. The monoisotopic (exact) mass is 520 g/mol. The van der Waals surface area contributed by atoms with Crippen molar-refractivity contribution >= 4 is 35.6 Å². The van der Waals surface area contributed by atoms with Crippen LogP contribution >= 0.6 is 24.0 Å². The summed E-state index contributed by atoms with van der Waals surface area (Å²) in [6.45, 7) is 10.3. The van der Waals surface area contributed by atoms with Crippen LogP contribution in [0.3, 0.4) is 0 Å². The molecule has 0 spiro atoms. The highest BCUT2D eigenvalue weighted by molar-refractivity contribution is 14.0. The Morgan fingerprint density at radius 2 is 2.00 bits per heavy atom. The van der Waals surface area contributed by atoms with Crippen LogP contribution in [-0.2, 0) is 9.47 Å². The number of anilines is 1. The lowest BCUT2D eigenvalue weighted by molar-refractivity contribution is 0.00757. The number of nitrogens with one attached hydrogen (secondary N) is 2. The molecule has 0 radical (unpaired) electrons. The molecule has 7 nitrogen and oxygen atoms in total. The van der Waals surface area contributed by atoms with Crippen molar-refractivity contribution in [1.29, 1.82) is 0 Å². The van der Waals surface area contributed by atoms with Crippen molar-refractivity contribution in [2.24, 2.45) is 10.9 Å². The van der Waals surface area contributed by atoms with Crippen LogP contribution in [0.2, 0.25) is 0 Å². The Morgan fingerprint density at radius 1 is 1.24 bits per heavy atom. The van der Waals surface area contributed by atoms with Crippen LogP contribution in [0.1, 0.15) is 20.3 Å². The van der Waals surface area contributed by atoms with Crippen molar-refractivity contribution in [2.75, 3.05) is 65.5 Å². The van der Waals surface area contributed by atoms with Crippen LogP contribution in [0.4, 0.5) is 5.69 Å². The minimum absolute atomic E-state index is 0. The summed E-state index contributed by atoms with van der Waals surface area (Å²) in [4.78, 5) is 6.87. The largest absolute Gasteiger partial charge is 0.493 e. The molecule has 0 aliphatic carbocycles. The average molecular weight is 520 g/mol. The van der Waals surface area contributed by atoms with E-state index in [-0.39, 0.29) is 24.0 Å². The predicted octanol–water partition coefficient (Wildman–Crippen LogP) is 3.06. The van der Waals surface area contributed by atoms with E-state index < -0.39 is 0 Å². The van der Waals surface area contributed by atoms with Crippen LogP contribution in [0.15, 0.2) is 29.3 Å². The van der Waals surface area contributed by atoms with Gasteiger partial charge in [0.25, 0.3) is 0 Å². The van der Waals surface area contributed by atoms with Gasteiger partial charge in [0, 0.05) is 64.6 Å². The van der Waals surface area contributed by atoms with Gasteiger partial charge in [-0.2, -0.15) is 0 Å². The third-order valence-corrected chi connectivity index (χ3v) is 4.84. The molecule has 0 bridgehead atoms. The number of aliphatic imine (C=N–C) groups is 1. The second-order valence-electron chi connectivity index (χ2n) is 7.26. The summed E-state index contributed by atoms with van der Waals surface area (Å²) >= 11 is 0. The summed E-state index contributed by atoms with van der Waals surface area (Å²) in [5.74, 6) is 2.15. The van der Waals surface area contributed by atoms with E-state index in [0.29, 0.717) is 25.2 Å². The molecule has 0 aromatic heterocycles. The molecule has 1 saturated heterocycles. The van der Waals surface area contributed by atoms with Crippen molar-refractivity contribution < 1.29 is 14.2 Å². The number of ether oxygens (including phenoxy) is 3. The third kappa shape index (κ3) is 9.50. The van der Waals surface area contributed by atoms with E-state index in [1.54, 1.807) is 14.2 Å². The number of benzene rings is 1. The van der Waals surface area contributed by atoms with Gasteiger partial charge >= 0.3 is 0 Å². The molecule has 2 N–H and O–H groups in total. The first-order chi connectivity index (χ1) is 13.6. The van der Waals surface area contributed by atoms with E-state index >= 15 is 0 Å². The van der Waals surface area contributed by atoms with Gasteiger partial charge in [-0.05, 0) is 18.1 Å². The molecule has 166 valence electrons. The molecule has 1 aromatic rings. The molecule has 0 amide bonds. The molecule has 1 fully saturated rings. The van der Waals surface area contributed by atoms with Gasteiger partial charge in [-0.1, -0.05) is 19.9 Å². The maximum atomic E-state index is 5.77. The van der Waals surface area contributed by atoms with E-state index in [9.17, 15) is 0 Å². The van der Waals surface area contributed by atoms with Crippen LogP contribution in [0, 0.1) is 5.92 Å². The standard InChI is InChI=1S/C21H36N4O3.HI/c1-17(2)20(25-9-13-27-14-10-25)16-23-21(22-3)24-18-7-5-8-19(15-18)28-12-6-11-26-4;/h5,7-8,15,17,20H,6,9-14,16H2,1-4H3,(H2,22,23,24);1H. The molecule has 1 heterocycles. The lowest BCUT2D eigenvalue weighted by Crippen LogP contribution is -2.51. The molecule has 1 aliphatic heterocycles. The maximum absolute atomic E-state index is 5.77. The quantitative estimate of drug-likeness (QED) is 0.214. The van der Waals surface area contributed by atoms with E-state index in [0.717, 1.165) is 56.7 Å². The smallest absolute Gasteiger partial charge is 0.195 e. The lowest BCUT2D eigenvalue weighted by atomic mass is 10.0. The number of nitrogens with zero attached hydrogens (tertiary/aromatic N) is 2. The summed E-state index contributed by atoms with van der Waals surface area (Å²) in [6.07, 6.45) is 0.871. The number of morpholine rings is 1. The van der Waals surface area contributed by atoms with Crippen molar-refractivity contribution in [2.45, 2.75) is 26.3 Å². The molecule has 1 aliphatic rings. The van der Waals surface area contributed by atoms with Gasteiger partial charge in [0.05, 0.1) is 19.8 Å². The molecular weight excluding hydrogens is 483 g/mol. The van der Waals surface area contributed by atoms with Crippen molar-refractivity contribution in [3.63, 3.8) is 0 Å². The number of guanidine groups is 1. The Balaban J connectivity index is 0.00000420. The number of methoxy groups -OCH3 is 1. The topological polar surface area (TPSA) is 67.4 Å². The van der Waals surface area contributed by atoms with Crippen molar-refractivity contribution in [3.05, 3.63) is 24.3 Å². The van der Waals surface area contributed by atoms with Gasteiger partial charge < -0.3 is 24.8 Å². The summed E-state index contributed by atoms with van der Waals surface area (Å²) in [6, 6.07) is 8.38. The summed E-state index contributed by atoms with van der Waals surface area (Å²) in [5, 5.41) is 6.83. The zero-order chi connectivity index (χ0) is 20.2. The molecule has 8 heteroatoms. The highest BCUT2D eigenvalue weighted by Crippen LogP contribution is 2.18. The number of hydrogen-bond donors (Lipinski definition) is 2. The molecule has 2 rings (SSSR count). The van der Waals surface area contributed by atoms with E-state index in [1.165, 1.54) is 0 Å². The second kappa shape index (κ2) is 14.8. The first-order valence-electron chi connectivity index (χ1n) is 10.1. The SMILES string of the molecule is CN=C(NCC(C(C)C)N1CCOCC1)Nc1cccc(OCCCOC)c1.I. The third-order valence-electron chi connectivity index (χ3n) is 4.84. The molecule has 1 unspecified atom stereocenters. The molecule has 0 saturated carbocycles. The van der Waals surface area contributed by atoms with Crippen molar-refractivity contribution in [3.8, 4) is 5.75 Å². The van der Waals surface area contributed by atoms with E-state index in [4.69, 9.17) is 14.2 Å². The van der Waals surface area contributed by atoms with E-state index in [1.807, 2.05) is 24.3 Å². The Hall–Kier alpha value is -1.10. The highest BCUT2D eigenvalue weighted by atomic mass is 127. The Morgan fingerprint density at radius 3 is 2.66 bits per heavy atom. The van der Waals surface area contributed by atoms with Gasteiger partial charge in [-0.25, -0.2) is 0 Å². The number of hydrogen-bond acceptors (Lipinski definition) is 5. The fourth-order valence-corrected chi connectivity index (χ4v) is 3.27. The number of halogens is 1. The van der Waals surface area contributed by atoms with Crippen molar-refractivity contribution in [1.82, 2.24) is 10.2 Å². The minimum atomic E-state index is 0. The van der Waals surface area contributed by atoms with Crippen LogP contribution in [-0.4, -0.2) is 77.1 Å². The van der Waals surface area contributed by atoms with E-state index in [2.05, 4.69) is 34.4 Å². The summed E-state index contributed by atoms with van der Waals surface area (Å²) in [5.41, 5.74) is 0.949. The second-order valence-corrected chi connectivity index (χ2v) is 7.26. The van der Waals surface area contributed by atoms with Gasteiger partial charge in [0.2, 0.25) is 0 Å². The van der Waals surface area contributed by atoms with Crippen LogP contribution < -0.4 is 15.4 Å². The first kappa shape index (κ1) is 25.9. The summed E-state index contributed by atoms with van der Waals surface area (Å²) < 4.78 is 16.3. The summed E-state index contributed by atoms with van der Waals surface area (Å²) in [7, 11) is 3.49. The lowest BCUT2D eigenvalue weighted by Gasteiger charge is -2.37. The van der Waals surface area contributed by atoms with Gasteiger partial charge in [0.15, 0.2) is 5.96 Å². The van der Waals surface area contributed by atoms with Gasteiger partial charge in [-0.15, -0.1) is 24.0 Å². The number of rotatable bonds is 10. The average Bonchev–Trinajstić information content (AvgIpc) is 2.71.